The van der Waals surface area contributed by atoms with Crippen LogP contribution >= 0.6 is 0 Å². The van der Waals surface area contributed by atoms with Crippen LogP contribution in [0.15, 0.2) is 41.2 Å². The number of fused-ring (bicyclic) bond motifs is 1. The van der Waals surface area contributed by atoms with Crippen LogP contribution in [0.1, 0.15) is 73.8 Å². The van der Waals surface area contributed by atoms with E-state index in [1.165, 1.54) is 11.7 Å². The number of aryl methyl sites for hydroxylation is 2. The lowest BCUT2D eigenvalue weighted by atomic mass is 9.91. The summed E-state index contributed by atoms with van der Waals surface area (Å²) in [7, 11) is 2.94. The summed E-state index contributed by atoms with van der Waals surface area (Å²) < 4.78 is 12.7. The van der Waals surface area contributed by atoms with Crippen molar-refractivity contribution in [3.63, 3.8) is 0 Å². The standard InChI is InChI=1S/C29H35NO5/c1-9-10-23(31)19-13-14-21-22(16-19)27(32)30(7)25(26(28(33)34-8)35-29(4,5)6)24(21)20-12-11-17(2)18(3)15-20/h11-16,26H,9-10H2,1-8H3. The van der Waals surface area contributed by atoms with Gasteiger partial charge in [0.1, 0.15) is 0 Å². The Morgan fingerprint density at radius 3 is 2.26 bits per heavy atom. The SMILES string of the molecule is CCCC(=O)c1ccc2c(-c3ccc(C)c(C)c3)c(C(OC(C)(C)C)C(=O)OC)n(C)c(=O)c2c1. The van der Waals surface area contributed by atoms with Crippen LogP contribution in [0.4, 0.5) is 0 Å². The van der Waals surface area contributed by atoms with Gasteiger partial charge in [0.25, 0.3) is 5.56 Å². The van der Waals surface area contributed by atoms with Crippen molar-refractivity contribution in [3.05, 3.63) is 69.1 Å². The van der Waals surface area contributed by atoms with Crippen molar-refractivity contribution in [1.29, 1.82) is 0 Å². The van der Waals surface area contributed by atoms with E-state index in [4.69, 9.17) is 9.47 Å². The molecule has 3 rings (SSSR count). The molecule has 6 heteroatoms. The summed E-state index contributed by atoms with van der Waals surface area (Å²) >= 11 is 0. The number of aromatic nitrogens is 1. The van der Waals surface area contributed by atoms with E-state index in [0.29, 0.717) is 34.0 Å². The molecule has 0 aliphatic carbocycles. The summed E-state index contributed by atoms with van der Waals surface area (Å²) in [4.78, 5) is 39.2. The number of Topliss-reactive ketones (excluding diaryl/α,β-unsaturated/α-hetero) is 1. The topological polar surface area (TPSA) is 74.6 Å². The molecule has 0 saturated carbocycles. The minimum Gasteiger partial charge on any atom is -0.467 e. The Hall–Kier alpha value is -3.25. The zero-order valence-electron chi connectivity index (χ0n) is 21.9. The van der Waals surface area contributed by atoms with Crippen molar-refractivity contribution in [2.75, 3.05) is 7.11 Å². The molecule has 0 saturated heterocycles. The molecule has 1 heterocycles. The summed E-state index contributed by atoms with van der Waals surface area (Å²) in [5, 5.41) is 1.08. The van der Waals surface area contributed by atoms with E-state index in [9.17, 15) is 14.4 Å². The first kappa shape index (κ1) is 26.4. The highest BCUT2D eigenvalue weighted by atomic mass is 16.6. The van der Waals surface area contributed by atoms with Gasteiger partial charge in [0.2, 0.25) is 0 Å². The molecular formula is C29H35NO5. The van der Waals surface area contributed by atoms with Gasteiger partial charge in [0.15, 0.2) is 11.9 Å². The van der Waals surface area contributed by atoms with E-state index < -0.39 is 17.7 Å². The molecule has 0 spiro atoms. The van der Waals surface area contributed by atoms with Gasteiger partial charge >= 0.3 is 5.97 Å². The first-order valence-corrected chi connectivity index (χ1v) is 11.9. The molecule has 6 nitrogen and oxygen atoms in total. The largest absolute Gasteiger partial charge is 0.467 e. The molecule has 0 aliphatic heterocycles. The number of pyridine rings is 1. The van der Waals surface area contributed by atoms with Gasteiger partial charge in [-0.25, -0.2) is 4.79 Å². The van der Waals surface area contributed by atoms with Gasteiger partial charge in [0.05, 0.1) is 18.4 Å². The Bertz CT molecular complexity index is 1340. The van der Waals surface area contributed by atoms with E-state index >= 15 is 0 Å². The third-order valence-electron chi connectivity index (χ3n) is 6.17. The molecule has 3 aromatic rings. The predicted octanol–water partition coefficient (Wildman–Crippen LogP) is 5.83. The Morgan fingerprint density at radius 1 is 1.00 bits per heavy atom. The second-order valence-corrected chi connectivity index (χ2v) is 9.99. The molecule has 186 valence electrons. The predicted molar refractivity (Wildman–Crippen MR) is 139 cm³/mol. The fourth-order valence-corrected chi connectivity index (χ4v) is 4.26. The maximum atomic E-state index is 13.6. The normalized spacial score (nSPS) is 12.6. The Morgan fingerprint density at radius 2 is 1.69 bits per heavy atom. The highest BCUT2D eigenvalue weighted by molar-refractivity contribution is 6.04. The average Bonchev–Trinajstić information content (AvgIpc) is 2.80. The molecule has 2 aromatic carbocycles. The van der Waals surface area contributed by atoms with Crippen LogP contribution in [0.25, 0.3) is 21.9 Å². The number of methoxy groups -OCH3 is 1. The monoisotopic (exact) mass is 477 g/mol. The zero-order chi connectivity index (χ0) is 26.1. The molecule has 0 amide bonds. The lowest BCUT2D eigenvalue weighted by Gasteiger charge is -2.29. The molecular weight excluding hydrogens is 442 g/mol. The molecule has 0 fully saturated rings. The number of ether oxygens (including phenoxy) is 2. The van der Waals surface area contributed by atoms with Crippen LogP contribution in [0.5, 0.6) is 0 Å². The summed E-state index contributed by atoms with van der Waals surface area (Å²) in [5.74, 6) is -0.592. The van der Waals surface area contributed by atoms with Crippen molar-refractivity contribution in [1.82, 2.24) is 4.57 Å². The van der Waals surface area contributed by atoms with Crippen LogP contribution in [0.2, 0.25) is 0 Å². The number of esters is 1. The Balaban J connectivity index is 2.48. The van der Waals surface area contributed by atoms with Gasteiger partial charge < -0.3 is 14.0 Å². The summed E-state index contributed by atoms with van der Waals surface area (Å²) in [6, 6.07) is 11.3. The number of carbonyl (C=O) groups is 2. The number of hydrogen-bond donors (Lipinski definition) is 0. The van der Waals surface area contributed by atoms with Crippen molar-refractivity contribution in [2.45, 2.75) is 66.1 Å². The average molecular weight is 478 g/mol. The molecule has 1 unspecified atom stereocenters. The lowest BCUT2D eigenvalue weighted by Crippen LogP contribution is -2.33. The molecule has 1 aromatic heterocycles. The molecule has 1 atom stereocenters. The number of nitrogens with zero attached hydrogens (tertiary/aromatic N) is 1. The summed E-state index contributed by atoms with van der Waals surface area (Å²) in [6.45, 7) is 11.6. The molecule has 0 N–H and O–H groups in total. The first-order valence-electron chi connectivity index (χ1n) is 11.9. The van der Waals surface area contributed by atoms with E-state index in [2.05, 4.69) is 0 Å². The molecule has 35 heavy (non-hydrogen) atoms. The molecule has 0 bridgehead atoms. The third-order valence-corrected chi connectivity index (χ3v) is 6.17. The van der Waals surface area contributed by atoms with Crippen LogP contribution in [0.3, 0.4) is 0 Å². The Labute approximate surface area is 206 Å². The van der Waals surface area contributed by atoms with Crippen LogP contribution in [-0.4, -0.2) is 29.0 Å². The number of benzene rings is 2. The fraction of sp³-hybridized carbons (Fsp3) is 0.414. The van der Waals surface area contributed by atoms with E-state index in [0.717, 1.165) is 23.1 Å². The van der Waals surface area contributed by atoms with E-state index in [1.807, 2.05) is 59.7 Å². The lowest BCUT2D eigenvalue weighted by molar-refractivity contribution is -0.165. The summed E-state index contributed by atoms with van der Waals surface area (Å²) in [5.41, 5.74) is 3.71. The van der Waals surface area contributed by atoms with Gasteiger partial charge in [-0.1, -0.05) is 37.3 Å². The third kappa shape index (κ3) is 5.38. The minimum atomic E-state index is -1.12. The maximum Gasteiger partial charge on any atom is 0.341 e. The van der Waals surface area contributed by atoms with Gasteiger partial charge in [-0.3, -0.25) is 9.59 Å². The van der Waals surface area contributed by atoms with Crippen molar-refractivity contribution in [2.24, 2.45) is 7.05 Å². The smallest absolute Gasteiger partial charge is 0.341 e. The maximum absolute atomic E-state index is 13.6. The van der Waals surface area contributed by atoms with Gasteiger partial charge in [0, 0.05) is 30.0 Å². The van der Waals surface area contributed by atoms with Gasteiger partial charge in [-0.2, -0.15) is 0 Å². The van der Waals surface area contributed by atoms with Gasteiger partial charge in [-0.05, 0) is 69.2 Å². The highest BCUT2D eigenvalue weighted by Gasteiger charge is 2.34. The zero-order valence-corrected chi connectivity index (χ0v) is 21.9. The first-order chi connectivity index (χ1) is 16.4. The van der Waals surface area contributed by atoms with Crippen molar-refractivity contribution >= 4 is 22.5 Å². The van der Waals surface area contributed by atoms with E-state index in [1.54, 1.807) is 25.2 Å². The molecule has 0 radical (unpaired) electrons. The molecule has 0 aliphatic rings. The van der Waals surface area contributed by atoms with Crippen LogP contribution in [-0.2, 0) is 21.3 Å². The fourth-order valence-electron chi connectivity index (χ4n) is 4.26. The van der Waals surface area contributed by atoms with Crippen molar-refractivity contribution < 1.29 is 19.1 Å². The highest BCUT2D eigenvalue weighted by Crippen LogP contribution is 2.38. The van der Waals surface area contributed by atoms with E-state index in [-0.39, 0.29) is 11.3 Å². The Kier molecular flexibility index (Phi) is 7.65. The quantitative estimate of drug-likeness (QED) is 0.316. The number of carbonyl (C=O) groups excluding carboxylic acids is 2. The minimum absolute atomic E-state index is 0.00300. The second-order valence-electron chi connectivity index (χ2n) is 9.99. The van der Waals surface area contributed by atoms with Crippen LogP contribution in [0, 0.1) is 13.8 Å². The van der Waals surface area contributed by atoms with Crippen molar-refractivity contribution in [3.8, 4) is 11.1 Å². The number of ketones is 1. The summed E-state index contributed by atoms with van der Waals surface area (Å²) in [6.07, 6.45) is 0.0184. The number of hydrogen-bond acceptors (Lipinski definition) is 5. The second kappa shape index (κ2) is 10.2. The number of rotatable bonds is 7. The van der Waals surface area contributed by atoms with Gasteiger partial charge in [-0.15, -0.1) is 0 Å². The van der Waals surface area contributed by atoms with Crippen LogP contribution < -0.4 is 5.56 Å².